The van der Waals surface area contributed by atoms with Gasteiger partial charge in [0.15, 0.2) is 0 Å². The minimum absolute atomic E-state index is 0.776. The van der Waals surface area contributed by atoms with Crippen LogP contribution in [0.5, 0.6) is 0 Å². The van der Waals surface area contributed by atoms with Crippen molar-refractivity contribution >= 4 is 114 Å². The lowest BCUT2D eigenvalue weighted by Gasteiger charge is -2.26. The zero-order valence-electron chi connectivity index (χ0n) is 21.6. The number of nitrogens with zero attached hydrogens (tertiary/aromatic N) is 1. The second kappa shape index (κ2) is 8.82. The second-order valence-corrected chi connectivity index (χ2v) is 13.1. The molecule has 5 heteroatoms. The van der Waals surface area contributed by atoms with Gasteiger partial charge < -0.3 is 9.32 Å². The van der Waals surface area contributed by atoms with Crippen LogP contribution in [0.25, 0.3) is 62.3 Å². The number of para-hydroxylation sites is 1. The lowest BCUT2D eigenvalue weighted by molar-refractivity contribution is 0.669. The summed E-state index contributed by atoms with van der Waals surface area (Å²) in [5, 5.41) is 9.28. The third-order valence-corrected chi connectivity index (χ3v) is 10.6. The molecule has 0 aliphatic heterocycles. The summed E-state index contributed by atoms with van der Waals surface area (Å²) < 4.78 is 10.0. The Labute approximate surface area is 248 Å². The van der Waals surface area contributed by atoms with Gasteiger partial charge in [-0.1, -0.05) is 66.2 Å². The number of anilines is 3. The summed E-state index contributed by atoms with van der Waals surface area (Å²) in [4.78, 5) is 2.36. The molecule has 0 radical (unpaired) electrons. The van der Waals surface area contributed by atoms with E-state index >= 15 is 0 Å². The van der Waals surface area contributed by atoms with Crippen molar-refractivity contribution in [3.8, 4) is 0 Å². The zero-order valence-corrected chi connectivity index (χ0v) is 24.0. The maximum absolute atomic E-state index is 6.40. The first-order valence-electron chi connectivity index (χ1n) is 13.4. The summed E-state index contributed by atoms with van der Waals surface area (Å²) in [6, 6.07) is 43.0. The number of thiophene rings is 2. The fourth-order valence-electron chi connectivity index (χ4n) is 6.03. The van der Waals surface area contributed by atoms with Gasteiger partial charge in [0.2, 0.25) is 0 Å². The van der Waals surface area contributed by atoms with Crippen LogP contribution in [0.3, 0.4) is 0 Å². The van der Waals surface area contributed by atoms with Crippen molar-refractivity contribution in [2.24, 2.45) is 0 Å². The first-order chi connectivity index (χ1) is 20.2. The fourth-order valence-corrected chi connectivity index (χ4v) is 8.82. The van der Waals surface area contributed by atoms with Gasteiger partial charge in [0, 0.05) is 58.4 Å². The number of hydrogen-bond acceptors (Lipinski definition) is 4. The molecule has 0 fully saturated rings. The van der Waals surface area contributed by atoms with Crippen LogP contribution in [0.2, 0.25) is 5.02 Å². The largest absolute Gasteiger partial charge is 0.456 e. The Bertz CT molecular complexity index is 2470. The SMILES string of the molecule is Clc1ccc2sc3sc4cc(N(c5ccc6ccccc6c5)c5ccc6oc7ccccc7c6c5)ccc4c3c2c1. The molecule has 41 heavy (non-hydrogen) atoms. The maximum Gasteiger partial charge on any atom is 0.135 e. The molecule has 0 spiro atoms. The predicted octanol–water partition coefficient (Wildman–Crippen LogP) is 12.4. The molecule has 0 saturated heterocycles. The Morgan fingerprint density at radius 1 is 0.512 bits per heavy atom. The fraction of sp³-hybridized carbons (Fsp3) is 0. The minimum atomic E-state index is 0.776. The van der Waals surface area contributed by atoms with Crippen LogP contribution in [-0.2, 0) is 0 Å². The van der Waals surface area contributed by atoms with E-state index in [1.807, 2.05) is 40.9 Å². The van der Waals surface area contributed by atoms with Crippen molar-refractivity contribution in [3.63, 3.8) is 0 Å². The van der Waals surface area contributed by atoms with E-state index in [0.29, 0.717) is 0 Å². The first kappa shape index (κ1) is 23.4. The lowest BCUT2D eigenvalue weighted by atomic mass is 10.1. The number of benzene rings is 6. The molecule has 9 rings (SSSR count). The van der Waals surface area contributed by atoms with Gasteiger partial charge in [-0.05, 0) is 77.5 Å². The molecule has 9 aromatic rings. The molecule has 3 heterocycles. The van der Waals surface area contributed by atoms with Gasteiger partial charge in [0.05, 0.1) is 4.01 Å². The monoisotopic (exact) mass is 581 g/mol. The summed E-state index contributed by atoms with van der Waals surface area (Å²) in [5.74, 6) is 0. The van der Waals surface area contributed by atoms with Crippen molar-refractivity contribution in [2.75, 3.05) is 4.90 Å². The van der Waals surface area contributed by atoms with Crippen LogP contribution in [-0.4, -0.2) is 0 Å². The molecule has 194 valence electrons. The van der Waals surface area contributed by atoms with Gasteiger partial charge in [0.25, 0.3) is 0 Å². The zero-order chi connectivity index (χ0) is 27.1. The molecule has 0 N–H and O–H groups in total. The van der Waals surface area contributed by atoms with Gasteiger partial charge in [-0.3, -0.25) is 0 Å². The van der Waals surface area contributed by atoms with Crippen LogP contribution >= 0.6 is 34.3 Å². The number of hydrogen-bond donors (Lipinski definition) is 0. The second-order valence-electron chi connectivity index (χ2n) is 10.3. The van der Waals surface area contributed by atoms with E-state index in [0.717, 1.165) is 44.0 Å². The highest BCUT2D eigenvalue weighted by Gasteiger charge is 2.19. The molecule has 0 unspecified atom stereocenters. The van der Waals surface area contributed by atoms with E-state index in [1.54, 1.807) is 0 Å². The van der Waals surface area contributed by atoms with Crippen LogP contribution in [0.15, 0.2) is 126 Å². The van der Waals surface area contributed by atoms with Gasteiger partial charge in [-0.2, -0.15) is 0 Å². The van der Waals surface area contributed by atoms with Gasteiger partial charge >= 0.3 is 0 Å². The third-order valence-electron chi connectivity index (χ3n) is 7.92. The van der Waals surface area contributed by atoms with Crippen molar-refractivity contribution in [1.29, 1.82) is 0 Å². The molecule has 0 saturated carbocycles. The Morgan fingerprint density at radius 3 is 2.20 bits per heavy atom. The predicted molar refractivity (Wildman–Crippen MR) is 179 cm³/mol. The minimum Gasteiger partial charge on any atom is -0.456 e. The van der Waals surface area contributed by atoms with E-state index in [2.05, 4.69) is 108 Å². The Kier molecular flexibility index (Phi) is 5.03. The van der Waals surface area contributed by atoms with E-state index in [9.17, 15) is 0 Å². The molecule has 3 aromatic heterocycles. The van der Waals surface area contributed by atoms with E-state index in [1.165, 1.54) is 40.3 Å². The number of rotatable bonds is 3. The van der Waals surface area contributed by atoms with Crippen molar-refractivity contribution in [1.82, 2.24) is 0 Å². The summed E-state index contributed by atoms with van der Waals surface area (Å²) in [6.07, 6.45) is 0. The van der Waals surface area contributed by atoms with Gasteiger partial charge in [-0.15, -0.1) is 22.7 Å². The maximum atomic E-state index is 6.40. The van der Waals surface area contributed by atoms with Crippen molar-refractivity contribution < 1.29 is 4.42 Å². The molecule has 6 aromatic carbocycles. The topological polar surface area (TPSA) is 16.4 Å². The molecule has 0 bridgehead atoms. The average Bonchev–Trinajstić information content (AvgIpc) is 3.66. The Balaban J connectivity index is 1.28. The lowest BCUT2D eigenvalue weighted by Crippen LogP contribution is -2.09. The highest BCUT2D eigenvalue weighted by Crippen LogP contribution is 2.47. The number of furan rings is 1. The molecule has 0 amide bonds. The van der Waals surface area contributed by atoms with Gasteiger partial charge in [-0.25, -0.2) is 0 Å². The standard InChI is InChI=1S/C36H20ClNOS2/c37-23-10-16-33-30(18-23)35-28-14-12-26(20-34(28)41-36(35)40-33)38(24-11-9-21-5-1-2-6-22(21)17-24)25-13-15-32-29(19-25)27-7-3-4-8-31(27)39-32/h1-20H. The Morgan fingerprint density at radius 2 is 1.24 bits per heavy atom. The first-order valence-corrected chi connectivity index (χ1v) is 15.5. The summed E-state index contributed by atoms with van der Waals surface area (Å²) >= 11 is 10.1. The molecule has 2 nitrogen and oxygen atoms in total. The van der Waals surface area contributed by atoms with Crippen LogP contribution < -0.4 is 4.90 Å². The quantitative estimate of drug-likeness (QED) is 0.206. The number of halogens is 1. The Hall–Kier alpha value is -4.35. The summed E-state index contributed by atoms with van der Waals surface area (Å²) in [5.41, 5.74) is 5.13. The molecular weight excluding hydrogens is 562 g/mol. The van der Waals surface area contributed by atoms with Crippen LogP contribution in [0.1, 0.15) is 0 Å². The van der Waals surface area contributed by atoms with E-state index in [4.69, 9.17) is 16.0 Å². The smallest absolute Gasteiger partial charge is 0.135 e. The average molecular weight is 582 g/mol. The summed E-state index contributed by atoms with van der Waals surface area (Å²) in [7, 11) is 0. The summed E-state index contributed by atoms with van der Waals surface area (Å²) in [6.45, 7) is 0. The molecule has 0 aliphatic carbocycles. The van der Waals surface area contributed by atoms with Gasteiger partial charge in [0.1, 0.15) is 11.2 Å². The van der Waals surface area contributed by atoms with Crippen molar-refractivity contribution in [2.45, 2.75) is 0 Å². The van der Waals surface area contributed by atoms with E-state index in [-0.39, 0.29) is 0 Å². The number of fused-ring (bicyclic) bond motifs is 9. The molecule has 0 atom stereocenters. The third kappa shape index (κ3) is 3.62. The van der Waals surface area contributed by atoms with Crippen molar-refractivity contribution in [3.05, 3.63) is 126 Å². The van der Waals surface area contributed by atoms with Crippen LogP contribution in [0, 0.1) is 0 Å². The van der Waals surface area contributed by atoms with E-state index < -0.39 is 0 Å². The molecule has 0 aliphatic rings. The highest BCUT2D eigenvalue weighted by atomic mass is 35.5. The highest BCUT2D eigenvalue weighted by molar-refractivity contribution is 7.44. The molecular formula is C36H20ClNOS2. The van der Waals surface area contributed by atoms with Crippen LogP contribution in [0.4, 0.5) is 17.1 Å². The normalized spacial score (nSPS) is 12.0.